The van der Waals surface area contributed by atoms with Crippen molar-refractivity contribution in [1.82, 2.24) is 4.98 Å². The van der Waals surface area contributed by atoms with E-state index >= 15 is 0 Å². The Morgan fingerprint density at radius 1 is 1.22 bits per heavy atom. The zero-order valence-corrected chi connectivity index (χ0v) is 18.3. The molecule has 1 amide bonds. The molecule has 1 unspecified atom stereocenters. The first-order valence-corrected chi connectivity index (χ1v) is 10.7. The van der Waals surface area contributed by atoms with E-state index in [-0.39, 0.29) is 23.9 Å². The van der Waals surface area contributed by atoms with Crippen LogP contribution in [0.3, 0.4) is 0 Å². The standard InChI is InChI=1S/C25H25FN4O2/c1-14-23-21(30(3)15(2)25(31)29-23)11-22(28-14)27-12-16-4-9-20-18(10-16)13-32-24(20)17-5-7-19(26)8-6-17/h4-11,15,24H,12-13H2,1-3H3,(H,27,28)(H,29,31)/t15-,24?/m0/s1. The minimum Gasteiger partial charge on any atom is -0.366 e. The van der Waals surface area contributed by atoms with Gasteiger partial charge in [-0.3, -0.25) is 4.79 Å². The number of benzene rings is 2. The highest BCUT2D eigenvalue weighted by Crippen LogP contribution is 2.37. The summed E-state index contributed by atoms with van der Waals surface area (Å²) in [6.45, 7) is 4.93. The average Bonchev–Trinajstić information content (AvgIpc) is 3.21. The van der Waals surface area contributed by atoms with Gasteiger partial charge in [0.15, 0.2) is 0 Å². The molecule has 164 valence electrons. The maximum Gasteiger partial charge on any atom is 0.246 e. The van der Waals surface area contributed by atoms with Crippen molar-refractivity contribution in [1.29, 1.82) is 0 Å². The minimum atomic E-state index is -0.248. The van der Waals surface area contributed by atoms with Gasteiger partial charge in [-0.25, -0.2) is 9.37 Å². The smallest absolute Gasteiger partial charge is 0.246 e. The first kappa shape index (κ1) is 20.5. The van der Waals surface area contributed by atoms with Gasteiger partial charge in [-0.05, 0) is 48.2 Å². The summed E-state index contributed by atoms with van der Waals surface area (Å²) in [7, 11) is 1.92. The fourth-order valence-corrected chi connectivity index (χ4v) is 4.31. The Kier molecular flexibility index (Phi) is 5.06. The maximum absolute atomic E-state index is 13.2. The van der Waals surface area contributed by atoms with Crippen molar-refractivity contribution in [3.63, 3.8) is 0 Å². The Balaban J connectivity index is 1.33. The number of aryl methyl sites for hydroxylation is 1. The summed E-state index contributed by atoms with van der Waals surface area (Å²) in [4.78, 5) is 18.7. The van der Waals surface area contributed by atoms with E-state index in [1.54, 1.807) is 12.1 Å². The van der Waals surface area contributed by atoms with Gasteiger partial charge in [-0.15, -0.1) is 0 Å². The van der Waals surface area contributed by atoms with E-state index in [2.05, 4.69) is 33.8 Å². The lowest BCUT2D eigenvalue weighted by molar-refractivity contribution is -0.117. The predicted molar refractivity (Wildman–Crippen MR) is 122 cm³/mol. The Hall–Kier alpha value is -3.45. The molecule has 0 saturated carbocycles. The fourth-order valence-electron chi connectivity index (χ4n) is 4.31. The third-order valence-electron chi connectivity index (χ3n) is 6.31. The number of hydrogen-bond acceptors (Lipinski definition) is 5. The number of carbonyl (C=O) groups excluding carboxylic acids is 1. The first-order chi connectivity index (χ1) is 15.4. The largest absolute Gasteiger partial charge is 0.366 e. The SMILES string of the molecule is Cc1nc(NCc2ccc3c(c2)COC3c2ccc(F)cc2)cc2c1NC(=O)[C@H](C)N2C. The number of fused-ring (bicyclic) bond motifs is 2. The topological polar surface area (TPSA) is 66.5 Å². The van der Waals surface area contributed by atoms with E-state index in [4.69, 9.17) is 4.74 Å². The van der Waals surface area contributed by atoms with E-state index in [0.717, 1.165) is 45.1 Å². The van der Waals surface area contributed by atoms with Crippen molar-refractivity contribution in [2.24, 2.45) is 0 Å². The second kappa shape index (κ2) is 7.91. The second-order valence-corrected chi connectivity index (χ2v) is 8.39. The normalized spacial score (nSPS) is 19.4. The van der Waals surface area contributed by atoms with Crippen LogP contribution in [0.2, 0.25) is 0 Å². The number of nitrogens with one attached hydrogen (secondary N) is 2. The van der Waals surface area contributed by atoms with E-state index in [0.29, 0.717) is 13.2 Å². The Morgan fingerprint density at radius 2 is 2.00 bits per heavy atom. The van der Waals surface area contributed by atoms with Gasteiger partial charge < -0.3 is 20.3 Å². The van der Waals surface area contributed by atoms with Gasteiger partial charge in [-0.1, -0.05) is 30.3 Å². The zero-order valence-electron chi connectivity index (χ0n) is 18.3. The molecule has 1 aromatic heterocycles. The number of likely N-dealkylation sites (N-methyl/N-ethyl adjacent to an activating group) is 1. The highest BCUT2D eigenvalue weighted by molar-refractivity contribution is 6.04. The van der Waals surface area contributed by atoms with Gasteiger partial charge >= 0.3 is 0 Å². The van der Waals surface area contributed by atoms with Gasteiger partial charge in [0.05, 0.1) is 23.7 Å². The quantitative estimate of drug-likeness (QED) is 0.634. The van der Waals surface area contributed by atoms with Crippen LogP contribution in [-0.2, 0) is 22.7 Å². The fraction of sp³-hybridized carbons (Fsp3) is 0.280. The number of halogens is 1. The van der Waals surface area contributed by atoms with Crippen molar-refractivity contribution >= 4 is 23.1 Å². The molecule has 0 fully saturated rings. The van der Waals surface area contributed by atoms with Gasteiger partial charge in [0.25, 0.3) is 0 Å². The lowest BCUT2D eigenvalue weighted by Gasteiger charge is -2.34. The van der Waals surface area contributed by atoms with Gasteiger partial charge in [-0.2, -0.15) is 0 Å². The van der Waals surface area contributed by atoms with E-state index < -0.39 is 0 Å². The molecule has 3 aromatic rings. The number of aromatic nitrogens is 1. The number of pyridine rings is 1. The number of ether oxygens (including phenoxy) is 1. The zero-order chi connectivity index (χ0) is 22.4. The first-order valence-electron chi connectivity index (χ1n) is 10.7. The lowest BCUT2D eigenvalue weighted by atomic mass is 9.97. The second-order valence-electron chi connectivity index (χ2n) is 8.39. The summed E-state index contributed by atoms with van der Waals surface area (Å²) in [6.07, 6.45) is -0.162. The molecule has 2 atom stereocenters. The molecule has 3 heterocycles. The molecule has 7 heteroatoms. The van der Waals surface area contributed by atoms with Crippen molar-refractivity contribution in [3.8, 4) is 0 Å². The van der Waals surface area contributed by atoms with Gasteiger partial charge in [0.1, 0.15) is 23.8 Å². The number of carbonyl (C=O) groups is 1. The van der Waals surface area contributed by atoms with Crippen LogP contribution in [0.1, 0.15) is 41.0 Å². The Labute approximate surface area is 186 Å². The van der Waals surface area contributed by atoms with Crippen LogP contribution in [0, 0.1) is 12.7 Å². The predicted octanol–water partition coefficient (Wildman–Crippen LogP) is 4.54. The molecular formula is C25H25FN4O2. The summed E-state index contributed by atoms with van der Waals surface area (Å²) in [6, 6.07) is 14.5. The van der Waals surface area contributed by atoms with E-state index in [1.165, 1.54) is 12.1 Å². The number of anilines is 3. The molecule has 0 spiro atoms. The molecule has 6 nitrogen and oxygen atoms in total. The summed E-state index contributed by atoms with van der Waals surface area (Å²) >= 11 is 0. The Morgan fingerprint density at radius 3 is 2.78 bits per heavy atom. The minimum absolute atomic E-state index is 0.0232. The molecule has 0 saturated heterocycles. The number of amides is 1. The molecule has 2 aliphatic heterocycles. The summed E-state index contributed by atoms with van der Waals surface area (Å²) in [5, 5.41) is 6.36. The van der Waals surface area contributed by atoms with Crippen LogP contribution < -0.4 is 15.5 Å². The van der Waals surface area contributed by atoms with Crippen LogP contribution in [0.4, 0.5) is 21.6 Å². The third-order valence-corrected chi connectivity index (χ3v) is 6.31. The van der Waals surface area contributed by atoms with Crippen molar-refractivity contribution < 1.29 is 13.9 Å². The van der Waals surface area contributed by atoms with Gasteiger partial charge in [0.2, 0.25) is 5.91 Å². The molecule has 2 aromatic carbocycles. The van der Waals surface area contributed by atoms with Crippen LogP contribution in [0.15, 0.2) is 48.5 Å². The van der Waals surface area contributed by atoms with E-state index in [1.807, 2.05) is 31.9 Å². The van der Waals surface area contributed by atoms with Crippen LogP contribution in [-0.4, -0.2) is 24.0 Å². The van der Waals surface area contributed by atoms with Crippen LogP contribution >= 0.6 is 0 Å². The third kappa shape index (κ3) is 3.58. The van der Waals surface area contributed by atoms with Crippen molar-refractivity contribution in [3.05, 3.63) is 82.3 Å². The van der Waals surface area contributed by atoms with Crippen LogP contribution in [0.5, 0.6) is 0 Å². The van der Waals surface area contributed by atoms with Crippen molar-refractivity contribution in [2.45, 2.75) is 39.1 Å². The molecule has 0 aliphatic carbocycles. The summed E-state index contributed by atoms with van der Waals surface area (Å²) < 4.78 is 19.2. The molecule has 2 N–H and O–H groups in total. The molecule has 5 rings (SSSR count). The molecule has 2 aliphatic rings. The maximum atomic E-state index is 13.2. The summed E-state index contributed by atoms with van der Waals surface area (Å²) in [5.74, 6) is 0.491. The molecule has 0 radical (unpaired) electrons. The number of nitrogens with zero attached hydrogens (tertiary/aromatic N) is 2. The molecule has 32 heavy (non-hydrogen) atoms. The average molecular weight is 432 g/mol. The number of hydrogen-bond donors (Lipinski definition) is 2. The monoisotopic (exact) mass is 432 g/mol. The van der Waals surface area contributed by atoms with E-state index in [9.17, 15) is 9.18 Å². The van der Waals surface area contributed by atoms with Crippen LogP contribution in [0.25, 0.3) is 0 Å². The lowest BCUT2D eigenvalue weighted by Crippen LogP contribution is -2.44. The number of rotatable bonds is 4. The van der Waals surface area contributed by atoms with Crippen molar-refractivity contribution in [2.75, 3.05) is 22.6 Å². The van der Waals surface area contributed by atoms with Gasteiger partial charge in [0, 0.05) is 19.7 Å². The molecule has 0 bridgehead atoms. The Bertz CT molecular complexity index is 1200. The highest BCUT2D eigenvalue weighted by atomic mass is 19.1. The highest BCUT2D eigenvalue weighted by Gasteiger charge is 2.29. The summed E-state index contributed by atoms with van der Waals surface area (Å²) in [5.41, 5.74) is 6.84. The molecular weight excluding hydrogens is 407 g/mol.